The molecule has 0 amide bonds. The first-order valence-electron chi connectivity index (χ1n) is 5.01. The van der Waals surface area contributed by atoms with Crippen LogP contribution in [0.25, 0.3) is 0 Å². The number of hydrogen-bond acceptors (Lipinski definition) is 2. The van der Waals surface area contributed by atoms with Gasteiger partial charge in [-0.1, -0.05) is 0 Å². The fourth-order valence-electron chi connectivity index (χ4n) is 0.831. The van der Waals surface area contributed by atoms with Gasteiger partial charge in [-0.3, -0.25) is 0 Å². The van der Waals surface area contributed by atoms with E-state index in [4.69, 9.17) is 5.11 Å². The van der Waals surface area contributed by atoms with Crippen LogP contribution < -0.4 is 0 Å². The van der Waals surface area contributed by atoms with Gasteiger partial charge >= 0.3 is 36.0 Å². The lowest BCUT2D eigenvalue weighted by Gasteiger charge is -2.30. The highest BCUT2D eigenvalue weighted by Gasteiger charge is 2.75. The van der Waals surface area contributed by atoms with Gasteiger partial charge in [-0.05, 0) is 6.08 Å². The zero-order valence-electron chi connectivity index (χ0n) is 10.3. The van der Waals surface area contributed by atoms with Crippen molar-refractivity contribution in [1.29, 1.82) is 0 Å². The normalized spacial score (nSPS) is 15.3. The zero-order chi connectivity index (χ0) is 18.9. The Balaban J connectivity index is 5.25. The first-order chi connectivity index (χ1) is 9.87. The van der Waals surface area contributed by atoms with E-state index in [1.54, 1.807) is 0 Å². The van der Waals surface area contributed by atoms with Crippen molar-refractivity contribution in [2.75, 3.05) is 6.61 Å². The fraction of sp³-hybridized carbons (Fsp3) is 0.667. The molecule has 0 fully saturated rings. The molecule has 136 valence electrons. The Bertz CT molecular complexity index is 466. The van der Waals surface area contributed by atoms with Crippen LogP contribution in [0.2, 0.25) is 0 Å². The van der Waals surface area contributed by atoms with E-state index in [9.17, 15) is 53.1 Å². The number of carboxylic acid groups (broad SMARTS) is 1. The highest BCUT2D eigenvalue weighted by Crippen LogP contribution is 2.48. The molecule has 0 aromatic heterocycles. The molecule has 0 saturated carbocycles. The summed E-state index contributed by atoms with van der Waals surface area (Å²) >= 11 is 0. The maximum atomic E-state index is 12.9. The van der Waals surface area contributed by atoms with Crippen molar-refractivity contribution < 1.29 is 62.9 Å². The quantitative estimate of drug-likeness (QED) is 0.549. The summed E-state index contributed by atoms with van der Waals surface area (Å²) in [5.41, 5.74) is 0. The molecule has 1 N–H and O–H groups in total. The van der Waals surface area contributed by atoms with E-state index in [1.165, 1.54) is 0 Å². The Hall–Kier alpha value is -1.60. The van der Waals surface area contributed by atoms with Gasteiger partial charge in [0.05, 0.1) is 0 Å². The number of carbonyl (C=O) groups is 1. The smallest absolute Gasteiger partial charge is 0.462 e. The molecular formula is C9H5F11O3. The topological polar surface area (TPSA) is 46.5 Å². The van der Waals surface area contributed by atoms with E-state index in [2.05, 4.69) is 4.74 Å². The third-order valence-electron chi connectivity index (χ3n) is 2.08. The average Bonchev–Trinajstić information content (AvgIpc) is 2.32. The largest absolute Gasteiger partial charge is 0.478 e. The maximum Gasteiger partial charge on any atom is 0.462 e. The number of allylic oxidation sites excluding steroid dienone is 1. The molecule has 0 aliphatic heterocycles. The summed E-state index contributed by atoms with van der Waals surface area (Å²) in [5, 5.41) is 7.96. The second kappa shape index (κ2) is 6.13. The average molecular weight is 370 g/mol. The minimum Gasteiger partial charge on any atom is -0.478 e. The first kappa shape index (κ1) is 21.4. The summed E-state index contributed by atoms with van der Waals surface area (Å²) in [6, 6.07) is 0. The third kappa shape index (κ3) is 4.68. The first-order valence-corrected chi connectivity index (χ1v) is 5.01. The van der Waals surface area contributed by atoms with Gasteiger partial charge in [-0.25, -0.2) is 4.79 Å². The lowest BCUT2D eigenvalue weighted by Crippen LogP contribution is -2.55. The van der Waals surface area contributed by atoms with Crippen molar-refractivity contribution in [3.05, 3.63) is 12.2 Å². The Kier molecular flexibility index (Phi) is 5.70. The third-order valence-corrected chi connectivity index (χ3v) is 2.08. The van der Waals surface area contributed by atoms with Crippen molar-refractivity contribution in [2.45, 2.75) is 30.1 Å². The lowest BCUT2D eigenvalue weighted by molar-refractivity contribution is -0.432. The molecule has 14 heteroatoms. The van der Waals surface area contributed by atoms with Crippen LogP contribution in [0, 0.1) is 0 Å². The molecule has 23 heavy (non-hydrogen) atoms. The van der Waals surface area contributed by atoms with Crippen molar-refractivity contribution in [2.24, 2.45) is 0 Å². The molecule has 0 aliphatic carbocycles. The summed E-state index contributed by atoms with van der Waals surface area (Å²) in [4.78, 5) is 9.89. The number of halogens is 11. The van der Waals surface area contributed by atoms with Gasteiger partial charge in [-0.2, -0.15) is 48.3 Å². The molecular weight excluding hydrogens is 365 g/mol. The Labute approximate surface area is 119 Å². The van der Waals surface area contributed by atoms with Gasteiger partial charge in [-0.15, -0.1) is 0 Å². The molecule has 0 radical (unpaired) electrons. The molecule has 0 unspecified atom stereocenters. The Morgan fingerprint density at radius 2 is 1.35 bits per heavy atom. The fourth-order valence-corrected chi connectivity index (χ4v) is 0.831. The molecule has 3 nitrogen and oxygen atoms in total. The van der Waals surface area contributed by atoms with Crippen LogP contribution in [0.5, 0.6) is 0 Å². The number of hydrogen-bond donors (Lipinski definition) is 1. The second-order valence-electron chi connectivity index (χ2n) is 3.88. The van der Waals surface area contributed by atoms with E-state index in [0.717, 1.165) is 0 Å². The SMILES string of the molecule is O=C(O)C=CC(F)(F)C(F)(F)COC(F)(F)C(F)(F)C(F)(F)F. The summed E-state index contributed by atoms with van der Waals surface area (Å²) < 4.78 is 139. The van der Waals surface area contributed by atoms with Crippen LogP contribution in [0.3, 0.4) is 0 Å². The van der Waals surface area contributed by atoms with Gasteiger partial charge in [0.1, 0.15) is 6.61 Å². The number of alkyl halides is 11. The van der Waals surface area contributed by atoms with Crippen molar-refractivity contribution >= 4 is 5.97 Å². The monoisotopic (exact) mass is 370 g/mol. The molecule has 0 atom stereocenters. The van der Waals surface area contributed by atoms with Gasteiger partial charge < -0.3 is 9.84 Å². The summed E-state index contributed by atoms with van der Waals surface area (Å²) in [6.07, 6.45) is -15.0. The minimum atomic E-state index is -6.93. The van der Waals surface area contributed by atoms with Crippen LogP contribution in [-0.2, 0) is 9.53 Å². The van der Waals surface area contributed by atoms with Gasteiger partial charge in [0.2, 0.25) is 0 Å². The van der Waals surface area contributed by atoms with E-state index in [1.807, 2.05) is 0 Å². The maximum absolute atomic E-state index is 12.9. The van der Waals surface area contributed by atoms with E-state index < -0.39 is 54.8 Å². The minimum absolute atomic E-state index is 0.517. The zero-order valence-corrected chi connectivity index (χ0v) is 10.3. The van der Waals surface area contributed by atoms with Crippen LogP contribution in [-0.4, -0.2) is 47.7 Å². The Morgan fingerprint density at radius 1 is 0.913 bits per heavy atom. The predicted octanol–water partition coefficient (Wildman–Crippen LogP) is 3.70. The van der Waals surface area contributed by atoms with Crippen molar-refractivity contribution in [1.82, 2.24) is 0 Å². The van der Waals surface area contributed by atoms with Crippen molar-refractivity contribution in [3.63, 3.8) is 0 Å². The van der Waals surface area contributed by atoms with Crippen LogP contribution in [0.1, 0.15) is 0 Å². The number of carboxylic acids is 1. The van der Waals surface area contributed by atoms with Crippen molar-refractivity contribution in [3.8, 4) is 0 Å². The second-order valence-corrected chi connectivity index (χ2v) is 3.88. The molecule has 0 bridgehead atoms. The van der Waals surface area contributed by atoms with Gasteiger partial charge in [0.15, 0.2) is 0 Å². The van der Waals surface area contributed by atoms with E-state index >= 15 is 0 Å². The molecule has 0 aliphatic rings. The summed E-state index contributed by atoms with van der Waals surface area (Å²) in [6.45, 7) is -3.25. The van der Waals surface area contributed by atoms with Crippen LogP contribution >= 0.6 is 0 Å². The number of aliphatic carboxylic acids is 1. The van der Waals surface area contributed by atoms with E-state index in [0.29, 0.717) is 0 Å². The number of ether oxygens (including phenoxy) is 1. The molecule has 0 aromatic carbocycles. The molecule has 0 saturated heterocycles. The molecule has 0 rings (SSSR count). The van der Waals surface area contributed by atoms with Gasteiger partial charge in [0.25, 0.3) is 0 Å². The lowest BCUT2D eigenvalue weighted by atomic mass is 10.1. The Morgan fingerprint density at radius 3 is 1.70 bits per heavy atom. The highest BCUT2D eigenvalue weighted by atomic mass is 19.4. The molecule has 0 spiro atoms. The molecule has 0 heterocycles. The predicted molar refractivity (Wildman–Crippen MR) is 48.6 cm³/mol. The standard InChI is InChI=1S/C9H5F11O3/c10-5(11,2-1-4(21)22)6(12,13)3-23-9(19,20)7(14,15)8(16,17)18/h1-2H,3H2,(H,21,22). The van der Waals surface area contributed by atoms with Gasteiger partial charge in [0, 0.05) is 6.08 Å². The summed E-state index contributed by atoms with van der Waals surface area (Å²) in [7, 11) is 0. The number of rotatable bonds is 7. The molecule has 0 aromatic rings. The summed E-state index contributed by atoms with van der Waals surface area (Å²) in [5.74, 6) is -20.3. The van der Waals surface area contributed by atoms with E-state index in [-0.39, 0.29) is 0 Å². The highest BCUT2D eigenvalue weighted by molar-refractivity contribution is 5.79. The van der Waals surface area contributed by atoms with Crippen LogP contribution in [0.4, 0.5) is 48.3 Å². The van der Waals surface area contributed by atoms with Crippen LogP contribution in [0.15, 0.2) is 12.2 Å².